The van der Waals surface area contributed by atoms with Gasteiger partial charge in [0, 0.05) is 60.6 Å². The van der Waals surface area contributed by atoms with Crippen LogP contribution >= 0.6 is 0 Å². The van der Waals surface area contributed by atoms with E-state index in [1.807, 2.05) is 41.6 Å². The van der Waals surface area contributed by atoms with Crippen LogP contribution in [-0.2, 0) is 11.2 Å². The summed E-state index contributed by atoms with van der Waals surface area (Å²) in [7, 11) is 0. The lowest BCUT2D eigenvalue weighted by Gasteiger charge is -2.32. The highest BCUT2D eigenvalue weighted by atomic mass is 16.2. The molecule has 2 N–H and O–H groups in total. The van der Waals surface area contributed by atoms with Gasteiger partial charge >= 0.3 is 0 Å². The number of anilines is 2. The van der Waals surface area contributed by atoms with Gasteiger partial charge in [0.1, 0.15) is 5.82 Å². The van der Waals surface area contributed by atoms with Crippen molar-refractivity contribution in [2.75, 3.05) is 18.4 Å². The van der Waals surface area contributed by atoms with Crippen LogP contribution in [0, 0.1) is 0 Å². The molecule has 32 heavy (non-hydrogen) atoms. The Labute approximate surface area is 186 Å². The second kappa shape index (κ2) is 9.18. The largest absolute Gasteiger partial charge is 0.361 e. The molecule has 0 saturated carbocycles. The molecule has 1 unspecified atom stereocenters. The highest BCUT2D eigenvalue weighted by molar-refractivity contribution is 5.84. The second-order valence-corrected chi connectivity index (χ2v) is 8.23. The van der Waals surface area contributed by atoms with Gasteiger partial charge < -0.3 is 15.2 Å². The number of fused-ring (bicyclic) bond motifs is 1. The topological polar surface area (TPSA) is 86.8 Å². The van der Waals surface area contributed by atoms with Crippen LogP contribution in [0.1, 0.15) is 36.4 Å². The number of nitrogens with one attached hydrogen (secondary N) is 2. The van der Waals surface area contributed by atoms with E-state index in [0.29, 0.717) is 12.2 Å². The molecule has 4 aromatic rings. The van der Waals surface area contributed by atoms with Crippen LogP contribution in [0.25, 0.3) is 10.9 Å². The molecule has 7 nitrogen and oxygen atoms in total. The Bertz CT molecular complexity index is 1190. The van der Waals surface area contributed by atoms with Crippen molar-refractivity contribution in [3.05, 3.63) is 78.6 Å². The van der Waals surface area contributed by atoms with Gasteiger partial charge in [-0.25, -0.2) is 4.98 Å². The molecule has 7 heteroatoms. The van der Waals surface area contributed by atoms with Gasteiger partial charge in [-0.3, -0.25) is 14.8 Å². The molecule has 0 bridgehead atoms. The number of likely N-dealkylation sites (tertiary alicyclic amines) is 1. The number of pyridine rings is 1. The normalized spacial score (nSPS) is 16.2. The maximum Gasteiger partial charge on any atom is 0.222 e. The summed E-state index contributed by atoms with van der Waals surface area (Å²) < 4.78 is 0. The molecule has 0 spiro atoms. The first-order valence-corrected chi connectivity index (χ1v) is 11.1. The molecule has 1 amide bonds. The predicted molar refractivity (Wildman–Crippen MR) is 125 cm³/mol. The summed E-state index contributed by atoms with van der Waals surface area (Å²) >= 11 is 0. The number of H-pyrrole nitrogens is 1. The van der Waals surface area contributed by atoms with E-state index in [4.69, 9.17) is 0 Å². The Kier molecular flexibility index (Phi) is 5.79. The lowest BCUT2D eigenvalue weighted by Crippen LogP contribution is -2.39. The molecule has 1 atom stereocenters. The van der Waals surface area contributed by atoms with E-state index in [1.54, 1.807) is 18.6 Å². The zero-order chi connectivity index (χ0) is 21.8. The fraction of sp³-hybridized carbons (Fsp3) is 0.280. The molecular formula is C25H26N6O. The number of aromatic amines is 1. The monoisotopic (exact) mass is 426 g/mol. The van der Waals surface area contributed by atoms with Crippen LogP contribution in [0.5, 0.6) is 0 Å². The van der Waals surface area contributed by atoms with Gasteiger partial charge in [0.2, 0.25) is 5.91 Å². The van der Waals surface area contributed by atoms with Gasteiger partial charge in [-0.2, -0.15) is 0 Å². The summed E-state index contributed by atoms with van der Waals surface area (Å²) in [6.07, 6.45) is 12.2. The zero-order valence-corrected chi connectivity index (χ0v) is 17.9. The highest BCUT2D eigenvalue weighted by Crippen LogP contribution is 2.27. The van der Waals surface area contributed by atoms with E-state index in [1.165, 1.54) is 10.9 Å². The molecule has 1 fully saturated rings. The number of aromatic nitrogens is 4. The second-order valence-electron chi connectivity index (χ2n) is 8.23. The zero-order valence-electron chi connectivity index (χ0n) is 17.9. The van der Waals surface area contributed by atoms with Gasteiger partial charge in [0.15, 0.2) is 0 Å². The highest BCUT2D eigenvalue weighted by Gasteiger charge is 2.25. The summed E-state index contributed by atoms with van der Waals surface area (Å²) in [5.74, 6) is 1.18. The van der Waals surface area contributed by atoms with E-state index in [2.05, 4.69) is 37.4 Å². The summed E-state index contributed by atoms with van der Waals surface area (Å²) in [5, 5.41) is 4.41. The number of aryl methyl sites for hydroxylation is 1. The Morgan fingerprint density at radius 3 is 2.91 bits per heavy atom. The number of benzene rings is 1. The molecule has 1 aliphatic heterocycles. The fourth-order valence-electron chi connectivity index (χ4n) is 4.42. The van der Waals surface area contributed by atoms with E-state index in [9.17, 15) is 4.79 Å². The van der Waals surface area contributed by atoms with Crippen LogP contribution in [-0.4, -0.2) is 43.8 Å². The van der Waals surface area contributed by atoms with Crippen LogP contribution in [0.15, 0.2) is 67.4 Å². The third-order valence-electron chi connectivity index (χ3n) is 6.10. The average Bonchev–Trinajstić information content (AvgIpc) is 3.27. The third-order valence-corrected chi connectivity index (χ3v) is 6.10. The van der Waals surface area contributed by atoms with Crippen molar-refractivity contribution in [3.63, 3.8) is 0 Å². The standard InChI is InChI=1S/C25H26N6O/c32-25(10-7-18-14-28-23-6-2-1-5-21(18)23)31-13-3-4-19(17-31)22-9-8-20(15-29-22)30-24-16-26-11-12-27-24/h1-2,5-6,8-9,11-12,14-16,19,28H,3-4,7,10,13,17H2,(H,27,30). The molecule has 5 rings (SSSR count). The van der Waals surface area contributed by atoms with Gasteiger partial charge in [-0.15, -0.1) is 0 Å². The van der Waals surface area contributed by atoms with E-state index >= 15 is 0 Å². The lowest BCUT2D eigenvalue weighted by atomic mass is 9.93. The summed E-state index contributed by atoms with van der Waals surface area (Å²) in [6.45, 7) is 1.56. The fourth-order valence-corrected chi connectivity index (χ4v) is 4.42. The predicted octanol–water partition coefficient (Wildman–Crippen LogP) is 4.44. The number of carbonyl (C=O) groups is 1. The number of hydrogen-bond acceptors (Lipinski definition) is 5. The van der Waals surface area contributed by atoms with E-state index < -0.39 is 0 Å². The van der Waals surface area contributed by atoms with Crippen molar-refractivity contribution in [3.8, 4) is 0 Å². The van der Waals surface area contributed by atoms with Crippen molar-refractivity contribution in [1.82, 2.24) is 24.8 Å². The molecule has 4 heterocycles. The van der Waals surface area contributed by atoms with Gasteiger partial charge in [-0.1, -0.05) is 18.2 Å². The van der Waals surface area contributed by atoms with Gasteiger partial charge in [0.05, 0.1) is 18.1 Å². The summed E-state index contributed by atoms with van der Waals surface area (Å²) in [5.41, 5.74) is 4.23. The SMILES string of the molecule is O=C(CCc1c[nH]c2ccccc12)N1CCCC(c2ccc(Nc3cnccn3)cn2)C1. The number of carbonyl (C=O) groups excluding carboxylic acids is 1. The molecule has 3 aromatic heterocycles. The van der Waals surface area contributed by atoms with Crippen molar-refractivity contribution >= 4 is 28.3 Å². The number of hydrogen-bond donors (Lipinski definition) is 2. The number of nitrogens with zero attached hydrogens (tertiary/aromatic N) is 4. The number of para-hydroxylation sites is 1. The molecular weight excluding hydrogens is 400 g/mol. The maximum absolute atomic E-state index is 12.9. The van der Waals surface area contributed by atoms with Crippen molar-refractivity contribution in [2.24, 2.45) is 0 Å². The first kappa shape index (κ1) is 20.2. The summed E-state index contributed by atoms with van der Waals surface area (Å²) in [4.78, 5) is 31.2. The molecule has 1 aromatic carbocycles. The van der Waals surface area contributed by atoms with Gasteiger partial charge in [-0.05, 0) is 43.0 Å². The molecule has 0 radical (unpaired) electrons. The first-order chi connectivity index (χ1) is 15.8. The Balaban J connectivity index is 1.19. The van der Waals surface area contributed by atoms with Crippen LogP contribution in [0.3, 0.4) is 0 Å². The Morgan fingerprint density at radius 2 is 2.06 bits per heavy atom. The molecule has 1 saturated heterocycles. The molecule has 162 valence electrons. The quantitative estimate of drug-likeness (QED) is 0.476. The third kappa shape index (κ3) is 4.46. The van der Waals surface area contributed by atoms with Crippen LogP contribution in [0.4, 0.5) is 11.5 Å². The van der Waals surface area contributed by atoms with Crippen LogP contribution in [0.2, 0.25) is 0 Å². The van der Waals surface area contributed by atoms with Crippen LogP contribution < -0.4 is 5.32 Å². The van der Waals surface area contributed by atoms with E-state index in [0.717, 1.165) is 49.2 Å². The lowest BCUT2D eigenvalue weighted by molar-refractivity contribution is -0.132. The minimum Gasteiger partial charge on any atom is -0.361 e. The van der Waals surface area contributed by atoms with Crippen molar-refractivity contribution in [2.45, 2.75) is 31.6 Å². The number of piperidine rings is 1. The maximum atomic E-state index is 12.9. The smallest absolute Gasteiger partial charge is 0.222 e. The first-order valence-electron chi connectivity index (χ1n) is 11.1. The Morgan fingerprint density at radius 1 is 1.12 bits per heavy atom. The minimum atomic E-state index is 0.223. The minimum absolute atomic E-state index is 0.223. The number of amides is 1. The molecule has 0 aliphatic carbocycles. The molecule has 1 aliphatic rings. The van der Waals surface area contributed by atoms with Crippen molar-refractivity contribution in [1.29, 1.82) is 0 Å². The Hall–Kier alpha value is -3.74. The van der Waals surface area contributed by atoms with E-state index in [-0.39, 0.29) is 11.8 Å². The van der Waals surface area contributed by atoms with Gasteiger partial charge in [0.25, 0.3) is 0 Å². The van der Waals surface area contributed by atoms with Crippen molar-refractivity contribution < 1.29 is 4.79 Å². The summed E-state index contributed by atoms with van der Waals surface area (Å²) in [6, 6.07) is 12.3. The average molecular weight is 427 g/mol. The number of rotatable bonds is 6.